The molecule has 1 saturated heterocycles. The molecule has 0 atom stereocenters. The van der Waals surface area contributed by atoms with E-state index in [-0.39, 0.29) is 12.4 Å². The van der Waals surface area contributed by atoms with Gasteiger partial charge in [-0.2, -0.15) is 0 Å². The highest BCUT2D eigenvalue weighted by atomic mass is 35.5. The van der Waals surface area contributed by atoms with Gasteiger partial charge < -0.3 is 10.6 Å². The summed E-state index contributed by atoms with van der Waals surface area (Å²) in [5.74, 6) is 0.859. The maximum atomic E-state index is 5.64. The summed E-state index contributed by atoms with van der Waals surface area (Å²) in [5, 5.41) is 0. The summed E-state index contributed by atoms with van der Waals surface area (Å²) in [4.78, 5) is 4.71. The van der Waals surface area contributed by atoms with Crippen LogP contribution < -0.4 is 10.6 Å². The Bertz CT molecular complexity index is 370. The van der Waals surface area contributed by atoms with Crippen molar-refractivity contribution in [2.75, 3.05) is 38.6 Å². The van der Waals surface area contributed by atoms with Crippen LogP contribution in [0.1, 0.15) is 24.8 Å². The molecule has 1 fully saturated rings. The van der Waals surface area contributed by atoms with Crippen LogP contribution in [-0.4, -0.2) is 38.6 Å². The van der Waals surface area contributed by atoms with Crippen molar-refractivity contribution in [1.82, 2.24) is 4.90 Å². The van der Waals surface area contributed by atoms with Crippen molar-refractivity contribution < 1.29 is 0 Å². The molecule has 3 nitrogen and oxygen atoms in total. The number of nitrogens with zero attached hydrogens (tertiary/aromatic N) is 2. The number of hydrogen-bond donors (Lipinski definition) is 1. The molecule has 0 radical (unpaired) electrons. The summed E-state index contributed by atoms with van der Waals surface area (Å²) in [6.07, 6.45) is 3.82. The lowest BCUT2D eigenvalue weighted by molar-refractivity contribution is 0.173. The van der Waals surface area contributed by atoms with Crippen LogP contribution in [0.25, 0.3) is 0 Å². The van der Waals surface area contributed by atoms with Gasteiger partial charge in [0.1, 0.15) is 0 Å². The molecular formula is C16H28ClN3. The van der Waals surface area contributed by atoms with Crippen LogP contribution in [0.4, 0.5) is 5.69 Å². The van der Waals surface area contributed by atoms with E-state index >= 15 is 0 Å². The van der Waals surface area contributed by atoms with E-state index in [1.165, 1.54) is 43.6 Å². The quantitative estimate of drug-likeness (QED) is 0.907. The normalized spacial score (nSPS) is 16.8. The second-order valence-corrected chi connectivity index (χ2v) is 5.86. The second kappa shape index (κ2) is 8.50. The van der Waals surface area contributed by atoms with Crippen LogP contribution in [0.5, 0.6) is 0 Å². The van der Waals surface area contributed by atoms with E-state index in [4.69, 9.17) is 5.73 Å². The van der Waals surface area contributed by atoms with Crippen molar-refractivity contribution in [3.63, 3.8) is 0 Å². The van der Waals surface area contributed by atoms with Gasteiger partial charge in [0.15, 0.2) is 0 Å². The van der Waals surface area contributed by atoms with Gasteiger partial charge in [0.25, 0.3) is 0 Å². The van der Waals surface area contributed by atoms with Gasteiger partial charge in [0.05, 0.1) is 0 Å². The molecule has 1 aromatic carbocycles. The summed E-state index contributed by atoms with van der Waals surface area (Å²) in [6.45, 7) is 4.37. The van der Waals surface area contributed by atoms with Crippen LogP contribution in [0.15, 0.2) is 24.3 Å². The Morgan fingerprint density at radius 2 is 1.75 bits per heavy atom. The Balaban J connectivity index is 0.00000200. The largest absolute Gasteiger partial charge is 0.378 e. The molecular weight excluding hydrogens is 270 g/mol. The number of piperidine rings is 1. The van der Waals surface area contributed by atoms with Gasteiger partial charge in [-0.1, -0.05) is 12.1 Å². The van der Waals surface area contributed by atoms with Gasteiger partial charge in [-0.25, -0.2) is 0 Å². The van der Waals surface area contributed by atoms with Crippen molar-refractivity contribution in [3.8, 4) is 0 Å². The first-order valence-corrected chi connectivity index (χ1v) is 7.37. The van der Waals surface area contributed by atoms with Crippen molar-refractivity contribution in [3.05, 3.63) is 29.8 Å². The maximum Gasteiger partial charge on any atom is 0.0361 e. The minimum atomic E-state index is 0. The predicted molar refractivity (Wildman–Crippen MR) is 89.7 cm³/mol. The first kappa shape index (κ1) is 17.3. The van der Waals surface area contributed by atoms with Gasteiger partial charge in [-0.3, -0.25) is 4.90 Å². The van der Waals surface area contributed by atoms with Crippen LogP contribution in [0, 0.1) is 5.92 Å². The molecule has 0 saturated carbocycles. The number of rotatable bonds is 5. The molecule has 0 aromatic heterocycles. The van der Waals surface area contributed by atoms with Crippen molar-refractivity contribution in [2.24, 2.45) is 11.7 Å². The van der Waals surface area contributed by atoms with Gasteiger partial charge in [-0.05, 0) is 62.5 Å². The lowest BCUT2D eigenvalue weighted by atomic mass is 9.93. The molecule has 2 N–H and O–H groups in total. The number of benzene rings is 1. The zero-order chi connectivity index (χ0) is 13.7. The van der Waals surface area contributed by atoms with Crippen molar-refractivity contribution >= 4 is 18.1 Å². The van der Waals surface area contributed by atoms with Gasteiger partial charge in [0, 0.05) is 26.3 Å². The molecule has 0 amide bonds. The van der Waals surface area contributed by atoms with E-state index in [1.54, 1.807) is 0 Å². The van der Waals surface area contributed by atoms with E-state index < -0.39 is 0 Å². The average Bonchev–Trinajstić information content (AvgIpc) is 2.42. The van der Waals surface area contributed by atoms with Crippen LogP contribution in [0.2, 0.25) is 0 Å². The van der Waals surface area contributed by atoms with E-state index in [1.807, 2.05) is 0 Å². The molecule has 0 bridgehead atoms. The Morgan fingerprint density at radius 3 is 2.25 bits per heavy atom. The smallest absolute Gasteiger partial charge is 0.0361 e. The summed E-state index contributed by atoms with van der Waals surface area (Å²) in [5.41, 5.74) is 8.33. The van der Waals surface area contributed by atoms with E-state index in [0.717, 1.165) is 19.0 Å². The second-order valence-electron chi connectivity index (χ2n) is 5.86. The van der Waals surface area contributed by atoms with Crippen molar-refractivity contribution in [1.29, 1.82) is 0 Å². The minimum absolute atomic E-state index is 0. The molecule has 1 aliphatic heterocycles. The number of hydrogen-bond acceptors (Lipinski definition) is 3. The highest BCUT2D eigenvalue weighted by Gasteiger charge is 2.18. The molecule has 0 unspecified atom stereocenters. The topological polar surface area (TPSA) is 32.5 Å². The Labute approximate surface area is 129 Å². The third-order valence-electron chi connectivity index (χ3n) is 4.14. The first-order valence-electron chi connectivity index (χ1n) is 7.37. The molecule has 0 spiro atoms. The molecule has 1 heterocycles. The number of anilines is 1. The van der Waals surface area contributed by atoms with E-state index in [0.29, 0.717) is 0 Å². The lowest BCUT2D eigenvalue weighted by Gasteiger charge is -2.31. The van der Waals surface area contributed by atoms with E-state index in [2.05, 4.69) is 48.2 Å². The molecule has 0 aliphatic carbocycles. The zero-order valence-electron chi connectivity index (χ0n) is 12.7. The summed E-state index contributed by atoms with van der Waals surface area (Å²) in [6, 6.07) is 8.91. The molecule has 1 aromatic rings. The van der Waals surface area contributed by atoms with Crippen LogP contribution in [0.3, 0.4) is 0 Å². The van der Waals surface area contributed by atoms with E-state index in [9.17, 15) is 0 Å². The Morgan fingerprint density at radius 1 is 1.15 bits per heavy atom. The lowest BCUT2D eigenvalue weighted by Crippen LogP contribution is -2.33. The monoisotopic (exact) mass is 297 g/mol. The SMILES string of the molecule is CN(C)c1ccc(CN2CCC(CCN)CC2)cc1.Cl. The van der Waals surface area contributed by atoms with Gasteiger partial charge in [-0.15, -0.1) is 12.4 Å². The standard InChI is InChI=1S/C16H27N3.ClH/c1-18(2)16-5-3-15(4-6-16)13-19-11-8-14(7-10-17)9-12-19;/h3-6,14H,7-13,17H2,1-2H3;1H. The summed E-state index contributed by atoms with van der Waals surface area (Å²) in [7, 11) is 4.16. The summed E-state index contributed by atoms with van der Waals surface area (Å²) < 4.78 is 0. The van der Waals surface area contributed by atoms with Crippen LogP contribution >= 0.6 is 12.4 Å². The first-order chi connectivity index (χ1) is 9.19. The summed E-state index contributed by atoms with van der Waals surface area (Å²) >= 11 is 0. The third-order valence-corrected chi connectivity index (χ3v) is 4.14. The fraction of sp³-hybridized carbons (Fsp3) is 0.625. The Kier molecular flexibility index (Phi) is 7.35. The fourth-order valence-electron chi connectivity index (χ4n) is 2.83. The Hall–Kier alpha value is -0.770. The highest BCUT2D eigenvalue weighted by Crippen LogP contribution is 2.21. The molecule has 114 valence electrons. The van der Waals surface area contributed by atoms with Gasteiger partial charge >= 0.3 is 0 Å². The maximum absolute atomic E-state index is 5.64. The molecule has 2 rings (SSSR count). The number of halogens is 1. The molecule has 4 heteroatoms. The molecule has 1 aliphatic rings. The predicted octanol–water partition coefficient (Wildman–Crippen LogP) is 2.74. The van der Waals surface area contributed by atoms with Crippen molar-refractivity contribution in [2.45, 2.75) is 25.8 Å². The average molecular weight is 298 g/mol. The molecule has 20 heavy (non-hydrogen) atoms. The van der Waals surface area contributed by atoms with Gasteiger partial charge in [0.2, 0.25) is 0 Å². The third kappa shape index (κ3) is 4.97. The number of likely N-dealkylation sites (tertiary alicyclic amines) is 1. The van der Waals surface area contributed by atoms with Crippen LogP contribution in [-0.2, 0) is 6.54 Å². The number of nitrogens with two attached hydrogens (primary N) is 1. The highest BCUT2D eigenvalue weighted by molar-refractivity contribution is 5.85. The minimum Gasteiger partial charge on any atom is -0.378 e. The zero-order valence-corrected chi connectivity index (χ0v) is 13.5. The fourth-order valence-corrected chi connectivity index (χ4v) is 2.83.